The van der Waals surface area contributed by atoms with E-state index in [0.29, 0.717) is 0 Å². The molecule has 0 bridgehead atoms. The van der Waals surface area contributed by atoms with E-state index in [2.05, 4.69) is 23.2 Å². The molecule has 0 radical (unpaired) electrons. The van der Waals surface area contributed by atoms with Crippen LogP contribution < -0.4 is 0 Å². The van der Waals surface area contributed by atoms with Gasteiger partial charge in [-0.15, -0.1) is 0 Å². The molecule has 31 heavy (non-hydrogen) atoms. The van der Waals surface area contributed by atoms with Crippen LogP contribution in [0.1, 0.15) is 38.4 Å². The van der Waals surface area contributed by atoms with E-state index < -0.39 is 17.9 Å². The lowest BCUT2D eigenvalue weighted by Crippen LogP contribution is -2.15. The molecule has 0 unspecified atom stereocenters. The van der Waals surface area contributed by atoms with E-state index in [1.165, 1.54) is 19.2 Å². The number of nitrogens with zero attached hydrogens (tertiary/aromatic N) is 1. The van der Waals surface area contributed by atoms with Crippen LogP contribution in [0.5, 0.6) is 0 Å². The Balaban J connectivity index is 2.04. The highest BCUT2D eigenvalue weighted by molar-refractivity contribution is 6.01. The maximum Gasteiger partial charge on any atom is 0.313 e. The quantitative estimate of drug-likeness (QED) is 0.412. The second-order valence-corrected chi connectivity index (χ2v) is 7.67. The average Bonchev–Trinajstić information content (AvgIpc) is 3.07. The fraction of sp³-hybridized carbons (Fsp3) is 0.280. The van der Waals surface area contributed by atoms with E-state index in [0.717, 1.165) is 27.7 Å². The molecule has 3 aromatic rings. The lowest BCUT2D eigenvalue weighted by molar-refractivity contribution is -0.143. The summed E-state index contributed by atoms with van der Waals surface area (Å²) in [6.07, 6.45) is 1.75. The van der Waals surface area contributed by atoms with Crippen LogP contribution in [0.2, 0.25) is 0 Å². The SMILES string of the molecule is COC(=O)CC(=O)C[C@@H](O)/C=C/c1c(-c2ccc(F)cc2)c2ccccc2n1C(C)C. The standard InChI is InChI=1S/C25H26FNO4/c1-16(2)27-22-7-5-4-6-21(22)25(17-8-10-18(26)11-9-17)23(27)13-12-19(28)14-20(29)15-24(30)31-3/h4-13,16,19,28H,14-15H2,1-3H3/b13-12+/t19-/m0/s1. The molecule has 0 saturated carbocycles. The van der Waals surface area contributed by atoms with Gasteiger partial charge in [0, 0.05) is 34.6 Å². The van der Waals surface area contributed by atoms with Crippen LogP contribution in [0, 0.1) is 5.82 Å². The number of ether oxygens (including phenoxy) is 1. The van der Waals surface area contributed by atoms with Crippen LogP contribution in [-0.2, 0) is 14.3 Å². The van der Waals surface area contributed by atoms with Gasteiger partial charge in [-0.2, -0.15) is 0 Å². The van der Waals surface area contributed by atoms with E-state index in [1.807, 2.05) is 24.3 Å². The third kappa shape index (κ3) is 5.09. The van der Waals surface area contributed by atoms with Crippen LogP contribution in [0.4, 0.5) is 4.39 Å². The van der Waals surface area contributed by atoms with E-state index in [9.17, 15) is 19.1 Å². The minimum absolute atomic E-state index is 0.122. The van der Waals surface area contributed by atoms with Crippen LogP contribution in [0.15, 0.2) is 54.6 Å². The Hall–Kier alpha value is -3.25. The first-order valence-corrected chi connectivity index (χ1v) is 10.2. The van der Waals surface area contributed by atoms with Gasteiger partial charge in [-0.1, -0.05) is 36.4 Å². The molecule has 0 aliphatic rings. The molecule has 3 rings (SSSR count). The molecule has 1 heterocycles. The van der Waals surface area contributed by atoms with Crippen molar-refractivity contribution in [1.82, 2.24) is 4.57 Å². The molecule has 0 amide bonds. The zero-order chi connectivity index (χ0) is 22.5. The number of rotatable bonds is 8. The topological polar surface area (TPSA) is 68.5 Å². The van der Waals surface area contributed by atoms with E-state index in [-0.39, 0.29) is 24.7 Å². The summed E-state index contributed by atoms with van der Waals surface area (Å²) >= 11 is 0. The Labute approximate surface area is 180 Å². The van der Waals surface area contributed by atoms with Crippen LogP contribution in [0.25, 0.3) is 28.1 Å². The normalized spacial score (nSPS) is 12.6. The van der Waals surface area contributed by atoms with Crippen molar-refractivity contribution < 1.29 is 23.8 Å². The van der Waals surface area contributed by atoms with Crippen molar-refractivity contribution in [3.05, 3.63) is 66.1 Å². The van der Waals surface area contributed by atoms with Crippen LogP contribution >= 0.6 is 0 Å². The Bertz CT molecular complexity index is 1110. The average molecular weight is 423 g/mol. The number of ketones is 1. The Morgan fingerprint density at radius 1 is 1.13 bits per heavy atom. The van der Waals surface area contributed by atoms with Gasteiger partial charge in [0.2, 0.25) is 0 Å². The lowest BCUT2D eigenvalue weighted by Gasteiger charge is -2.14. The number of hydrogen-bond donors (Lipinski definition) is 1. The number of halogens is 1. The van der Waals surface area contributed by atoms with Crippen LogP contribution in [0.3, 0.4) is 0 Å². The van der Waals surface area contributed by atoms with Crippen molar-refractivity contribution in [3.63, 3.8) is 0 Å². The number of Topliss-reactive ketones (excluding diaryl/α,β-unsaturated/α-hetero) is 1. The number of carbonyl (C=O) groups excluding carboxylic acids is 2. The zero-order valence-electron chi connectivity index (χ0n) is 17.8. The number of aliphatic hydroxyl groups excluding tert-OH is 1. The Morgan fingerprint density at radius 2 is 1.81 bits per heavy atom. The maximum absolute atomic E-state index is 13.5. The second kappa shape index (κ2) is 9.71. The van der Waals surface area contributed by atoms with Gasteiger partial charge in [-0.25, -0.2) is 4.39 Å². The lowest BCUT2D eigenvalue weighted by atomic mass is 10.0. The smallest absolute Gasteiger partial charge is 0.313 e. The highest BCUT2D eigenvalue weighted by Crippen LogP contribution is 2.38. The highest BCUT2D eigenvalue weighted by atomic mass is 19.1. The van der Waals surface area contributed by atoms with Crippen LogP contribution in [-0.4, -0.2) is 34.6 Å². The summed E-state index contributed by atoms with van der Waals surface area (Å²) in [6, 6.07) is 14.4. The molecule has 0 saturated heterocycles. The Morgan fingerprint density at radius 3 is 2.45 bits per heavy atom. The number of methoxy groups -OCH3 is 1. The van der Waals surface area contributed by atoms with Crippen molar-refractivity contribution in [2.45, 2.75) is 38.8 Å². The fourth-order valence-electron chi connectivity index (χ4n) is 3.73. The minimum atomic E-state index is -1.04. The molecule has 1 atom stereocenters. The summed E-state index contributed by atoms with van der Waals surface area (Å²) in [4.78, 5) is 23.2. The number of hydrogen-bond acceptors (Lipinski definition) is 4. The second-order valence-electron chi connectivity index (χ2n) is 7.67. The largest absolute Gasteiger partial charge is 0.469 e. The molecule has 0 aliphatic heterocycles. The first-order chi connectivity index (χ1) is 14.8. The molecule has 1 aromatic heterocycles. The predicted octanol–water partition coefficient (Wildman–Crippen LogP) is 4.92. The van der Waals surface area contributed by atoms with Crippen molar-refractivity contribution in [3.8, 4) is 11.1 Å². The van der Waals surface area contributed by atoms with Gasteiger partial charge in [0.25, 0.3) is 0 Å². The van der Waals surface area contributed by atoms with E-state index >= 15 is 0 Å². The van der Waals surface area contributed by atoms with Crippen molar-refractivity contribution in [2.24, 2.45) is 0 Å². The fourth-order valence-corrected chi connectivity index (χ4v) is 3.73. The molecule has 2 aromatic carbocycles. The molecule has 6 heteroatoms. The van der Waals surface area contributed by atoms with Gasteiger partial charge < -0.3 is 14.4 Å². The zero-order valence-corrected chi connectivity index (χ0v) is 17.8. The summed E-state index contributed by atoms with van der Waals surface area (Å²) in [7, 11) is 1.22. The number of benzene rings is 2. The summed E-state index contributed by atoms with van der Waals surface area (Å²) in [5, 5.41) is 11.4. The number of esters is 1. The number of fused-ring (bicyclic) bond motifs is 1. The van der Waals surface area contributed by atoms with Gasteiger partial charge in [0.15, 0.2) is 0 Å². The predicted molar refractivity (Wildman–Crippen MR) is 119 cm³/mol. The van der Waals surface area contributed by atoms with Gasteiger partial charge in [-0.3, -0.25) is 9.59 Å². The van der Waals surface area contributed by atoms with Crippen molar-refractivity contribution in [2.75, 3.05) is 7.11 Å². The molecular weight excluding hydrogens is 397 g/mol. The first kappa shape index (κ1) is 22.4. The number of carbonyl (C=O) groups is 2. The van der Waals surface area contributed by atoms with Gasteiger partial charge in [-0.05, 0) is 43.7 Å². The molecular formula is C25H26FNO4. The molecule has 0 aliphatic carbocycles. The summed E-state index contributed by atoms with van der Waals surface area (Å²) < 4.78 is 20.2. The molecule has 0 spiro atoms. The monoisotopic (exact) mass is 423 g/mol. The summed E-state index contributed by atoms with van der Waals surface area (Å²) in [5.74, 6) is -1.33. The number of aliphatic hydroxyl groups is 1. The number of para-hydroxylation sites is 1. The van der Waals surface area contributed by atoms with Crippen molar-refractivity contribution in [1.29, 1.82) is 0 Å². The van der Waals surface area contributed by atoms with E-state index in [1.54, 1.807) is 24.3 Å². The maximum atomic E-state index is 13.5. The van der Waals surface area contributed by atoms with Crippen molar-refractivity contribution >= 4 is 28.7 Å². The molecule has 1 N–H and O–H groups in total. The van der Waals surface area contributed by atoms with Gasteiger partial charge in [0.1, 0.15) is 18.0 Å². The summed E-state index contributed by atoms with van der Waals surface area (Å²) in [6.45, 7) is 4.13. The number of aromatic nitrogens is 1. The molecule has 162 valence electrons. The molecule has 0 fully saturated rings. The summed E-state index contributed by atoms with van der Waals surface area (Å²) in [5.41, 5.74) is 3.65. The third-order valence-corrected chi connectivity index (χ3v) is 5.08. The highest BCUT2D eigenvalue weighted by Gasteiger charge is 2.19. The third-order valence-electron chi connectivity index (χ3n) is 5.08. The Kier molecular flexibility index (Phi) is 7.02. The molecule has 5 nitrogen and oxygen atoms in total. The minimum Gasteiger partial charge on any atom is -0.469 e. The van der Waals surface area contributed by atoms with Gasteiger partial charge >= 0.3 is 5.97 Å². The van der Waals surface area contributed by atoms with E-state index in [4.69, 9.17) is 0 Å². The van der Waals surface area contributed by atoms with Gasteiger partial charge in [0.05, 0.1) is 13.2 Å². The first-order valence-electron chi connectivity index (χ1n) is 10.2.